The van der Waals surface area contributed by atoms with E-state index in [1.807, 2.05) is 30.3 Å². The number of benzene rings is 2. The summed E-state index contributed by atoms with van der Waals surface area (Å²) in [6.45, 7) is -0.250. The molecule has 2 rings (SSSR count). The molecule has 0 aromatic heterocycles. The molecule has 216 valence electrons. The van der Waals surface area contributed by atoms with Crippen LogP contribution in [0.15, 0.2) is 59.6 Å². The Morgan fingerprint density at radius 2 is 1.57 bits per heavy atom. The maximum atomic E-state index is 13.0. The van der Waals surface area contributed by atoms with Crippen LogP contribution in [0.2, 0.25) is 1.41 Å². The van der Waals surface area contributed by atoms with E-state index in [-0.39, 0.29) is 37.5 Å². The molecule has 0 bridgehead atoms. The first kappa shape index (κ1) is 29.9. The van der Waals surface area contributed by atoms with Crippen molar-refractivity contribution in [1.82, 2.24) is 16.0 Å². The molecule has 0 fully saturated rings. The summed E-state index contributed by atoms with van der Waals surface area (Å²) in [6.07, 6.45) is 1.40. The molecule has 0 aliphatic rings. The Morgan fingerprint density at radius 3 is 2.20 bits per heavy atom. The Morgan fingerprint density at radius 1 is 0.875 bits per heavy atom. The van der Waals surface area contributed by atoms with Crippen molar-refractivity contribution in [3.63, 3.8) is 0 Å². The van der Waals surface area contributed by atoms with E-state index >= 15 is 0 Å². The van der Waals surface area contributed by atoms with E-state index in [0.717, 1.165) is 5.56 Å². The highest BCUT2D eigenvalue weighted by molar-refractivity contribution is 5.93. The smallest absolute Gasteiger partial charge is 0.243 e. The molecular formula is C27H38N8O5. The van der Waals surface area contributed by atoms with Crippen LogP contribution in [-0.4, -0.2) is 65.9 Å². The van der Waals surface area contributed by atoms with Gasteiger partial charge in [-0.25, -0.2) is 0 Å². The van der Waals surface area contributed by atoms with Crippen LogP contribution < -0.4 is 38.9 Å². The molecule has 0 saturated carbocycles. The van der Waals surface area contributed by atoms with Gasteiger partial charge in [-0.1, -0.05) is 42.5 Å². The van der Waals surface area contributed by atoms with Gasteiger partial charge in [0.1, 0.15) is 19.2 Å². The van der Waals surface area contributed by atoms with Crippen LogP contribution in [0.1, 0.15) is 30.4 Å². The van der Waals surface area contributed by atoms with E-state index in [1.54, 1.807) is 12.1 Å². The zero-order chi connectivity index (χ0) is 30.2. The van der Waals surface area contributed by atoms with Crippen molar-refractivity contribution in [2.24, 2.45) is 27.9 Å². The van der Waals surface area contributed by atoms with Crippen molar-refractivity contribution in [2.75, 3.05) is 13.1 Å². The Bertz CT molecular complexity index is 1180. The fourth-order valence-corrected chi connectivity index (χ4v) is 3.78. The van der Waals surface area contributed by atoms with Gasteiger partial charge in [-0.15, -0.1) is 0 Å². The number of carbonyl (C=O) groups excluding carboxylic acids is 4. The molecule has 2 aromatic carbocycles. The molecule has 0 unspecified atom stereocenters. The highest BCUT2D eigenvalue weighted by Crippen LogP contribution is 2.11. The standard InChI is InChI=1S/C27H38N8O5/c28-20(15-18-8-11-19(36)12-9-18)25(39)35-22(7-4-14-32-27(30)31)26(40)33-16-23(37)34-21(24(29)38)13-10-17-5-2-1-3-6-17/h1-3,5-6,8-9,11-12,20-22,36H,4,7,10,13-16,28H2,(H2,29,38)(H,33,40)(H,34,37)(H,35,39)(H4,30,31,32)/t20-,21-,22-/m0/s1/i/hD. The molecule has 0 aliphatic carbocycles. The van der Waals surface area contributed by atoms with E-state index in [2.05, 4.69) is 26.7 Å². The molecule has 13 heteroatoms. The number of phenolic OH excluding ortho intramolecular Hbond substituents is 1. The van der Waals surface area contributed by atoms with Crippen molar-refractivity contribution in [2.45, 2.75) is 50.2 Å². The van der Waals surface area contributed by atoms with Crippen LogP contribution in [0.3, 0.4) is 0 Å². The fraction of sp³-hybridized carbons (Fsp3) is 0.370. The van der Waals surface area contributed by atoms with Gasteiger partial charge in [-0.2, -0.15) is 0 Å². The third kappa shape index (κ3) is 11.8. The van der Waals surface area contributed by atoms with Gasteiger partial charge in [0.15, 0.2) is 5.96 Å². The van der Waals surface area contributed by atoms with Crippen LogP contribution in [0, 0.1) is 0 Å². The predicted molar refractivity (Wildman–Crippen MR) is 151 cm³/mol. The van der Waals surface area contributed by atoms with Crippen molar-refractivity contribution >= 4 is 29.6 Å². The summed E-state index contributed by atoms with van der Waals surface area (Å²) >= 11 is 0. The maximum absolute atomic E-state index is 13.0. The molecule has 3 atom stereocenters. The largest absolute Gasteiger partial charge is 0.508 e. The summed E-state index contributed by atoms with van der Waals surface area (Å²) in [5, 5.41) is 17.1. The number of nitrogens with one attached hydrogen (secondary N) is 3. The Labute approximate surface area is 234 Å². The number of rotatable bonds is 17. The number of aryl methyl sites for hydroxylation is 1. The molecule has 0 radical (unpaired) electrons. The van der Waals surface area contributed by atoms with E-state index in [1.165, 1.54) is 12.1 Å². The van der Waals surface area contributed by atoms with Crippen LogP contribution in [0.4, 0.5) is 0 Å². The molecule has 0 saturated heterocycles. The molecule has 0 heterocycles. The van der Waals surface area contributed by atoms with Gasteiger partial charge < -0.3 is 44.0 Å². The van der Waals surface area contributed by atoms with E-state index in [9.17, 15) is 24.3 Å². The fourth-order valence-electron chi connectivity index (χ4n) is 3.78. The number of nitrogens with zero attached hydrogens (tertiary/aromatic N) is 1. The molecule has 40 heavy (non-hydrogen) atoms. The lowest BCUT2D eigenvalue weighted by atomic mass is 10.0. The topological polar surface area (TPSA) is 241 Å². The third-order valence-corrected chi connectivity index (χ3v) is 5.94. The normalized spacial score (nSPS) is 13.2. The minimum atomic E-state index is -1.06. The maximum Gasteiger partial charge on any atom is 0.243 e. The number of primary amides is 1. The number of nitrogens with two attached hydrogens (primary N) is 4. The van der Waals surface area contributed by atoms with Gasteiger partial charge in [0.05, 0.1) is 12.6 Å². The second-order valence-electron chi connectivity index (χ2n) is 9.20. The van der Waals surface area contributed by atoms with Gasteiger partial charge in [-0.3, -0.25) is 24.2 Å². The number of aliphatic imine (C=N–C) groups is 1. The molecule has 13 nitrogen and oxygen atoms in total. The van der Waals surface area contributed by atoms with Crippen LogP contribution in [0.25, 0.3) is 0 Å². The average Bonchev–Trinajstić information content (AvgIpc) is 2.95. The van der Waals surface area contributed by atoms with Crippen molar-refractivity contribution in [1.29, 1.82) is 0 Å². The third-order valence-electron chi connectivity index (χ3n) is 5.94. The summed E-state index contributed by atoms with van der Waals surface area (Å²) in [7, 11) is 0. The number of aromatic hydroxyl groups is 1. The lowest BCUT2D eigenvalue weighted by Crippen LogP contribution is -2.54. The lowest BCUT2D eigenvalue weighted by Gasteiger charge is -2.21. The van der Waals surface area contributed by atoms with Crippen molar-refractivity contribution in [3.05, 3.63) is 65.7 Å². The van der Waals surface area contributed by atoms with Crippen molar-refractivity contribution < 1.29 is 25.7 Å². The van der Waals surface area contributed by atoms with Gasteiger partial charge in [0.25, 0.3) is 0 Å². The second-order valence-corrected chi connectivity index (χ2v) is 9.20. The molecular weight excluding hydrogens is 516 g/mol. The Balaban J connectivity index is 1.98. The van der Waals surface area contributed by atoms with Gasteiger partial charge in [-0.05, 0) is 55.4 Å². The molecule has 0 spiro atoms. The lowest BCUT2D eigenvalue weighted by molar-refractivity contribution is -0.131. The average molecular weight is 556 g/mol. The zero-order valence-corrected chi connectivity index (χ0v) is 22.1. The SMILES string of the molecule is [2H]N[C@@H](Cc1ccc(O)cc1)C(=O)N[C@@H](CCCN=C(N)N)C(=O)NCC(=O)N[C@@H](CCc1ccccc1)C(N)=O. The van der Waals surface area contributed by atoms with Gasteiger partial charge in [0, 0.05) is 6.54 Å². The summed E-state index contributed by atoms with van der Waals surface area (Å²) in [6, 6.07) is 12.5. The minimum absolute atomic E-state index is 0.0634. The predicted octanol–water partition coefficient (Wildman–Crippen LogP) is -1.48. The quantitative estimate of drug-likeness (QED) is 0.0648. The highest BCUT2D eigenvalue weighted by Gasteiger charge is 2.25. The number of hydrogen-bond donors (Lipinski definition) is 8. The molecule has 4 amide bonds. The number of amides is 4. The minimum Gasteiger partial charge on any atom is -0.508 e. The molecule has 0 aliphatic heterocycles. The summed E-state index contributed by atoms with van der Waals surface area (Å²) < 4.78 is 7.58. The van der Waals surface area contributed by atoms with E-state index < -0.39 is 48.3 Å². The summed E-state index contributed by atoms with van der Waals surface area (Å²) in [5.41, 5.74) is 20.0. The van der Waals surface area contributed by atoms with Gasteiger partial charge in [0.2, 0.25) is 23.6 Å². The van der Waals surface area contributed by atoms with Gasteiger partial charge >= 0.3 is 0 Å². The number of carbonyl (C=O) groups is 4. The van der Waals surface area contributed by atoms with Crippen LogP contribution >= 0.6 is 0 Å². The first-order valence-corrected chi connectivity index (χ1v) is 12.8. The summed E-state index contributed by atoms with van der Waals surface area (Å²) in [4.78, 5) is 54.2. The first-order chi connectivity index (χ1) is 19.6. The Hall–Kier alpha value is -4.65. The number of guanidine groups is 1. The summed E-state index contributed by atoms with van der Waals surface area (Å²) in [5.74, 6) is -2.64. The second kappa shape index (κ2) is 16.3. The van der Waals surface area contributed by atoms with Crippen LogP contribution in [0.5, 0.6) is 5.75 Å². The highest BCUT2D eigenvalue weighted by atomic mass is 16.3. The van der Waals surface area contributed by atoms with E-state index in [4.69, 9.17) is 18.6 Å². The van der Waals surface area contributed by atoms with Crippen LogP contribution in [-0.2, 0) is 32.0 Å². The van der Waals surface area contributed by atoms with Crippen molar-refractivity contribution in [3.8, 4) is 5.75 Å². The zero-order valence-electron chi connectivity index (χ0n) is 23.1. The van der Waals surface area contributed by atoms with E-state index in [0.29, 0.717) is 18.4 Å². The Kier molecular flexibility index (Phi) is 12.2. The monoisotopic (exact) mass is 555 g/mol. The number of phenols is 1. The molecule has 12 N–H and O–H groups in total. The number of hydrogen-bond acceptors (Lipinski definition) is 7. The first-order valence-electron chi connectivity index (χ1n) is 13.3. The molecule has 2 aromatic rings.